The summed E-state index contributed by atoms with van der Waals surface area (Å²) in [4.78, 5) is 10.5. The number of hydrogen-bond donors (Lipinski definition) is 4. The SMILES string of the molecule is NN/C(Oc1ccc(F)c(F)c1)=C(\N)C(=O)O. The van der Waals surface area contributed by atoms with Gasteiger partial charge in [-0.1, -0.05) is 0 Å². The zero-order chi connectivity index (χ0) is 13.0. The van der Waals surface area contributed by atoms with Crippen molar-refractivity contribution in [2.45, 2.75) is 0 Å². The molecule has 0 aliphatic rings. The molecule has 0 saturated heterocycles. The van der Waals surface area contributed by atoms with E-state index in [2.05, 4.69) is 0 Å². The van der Waals surface area contributed by atoms with Gasteiger partial charge in [-0.25, -0.2) is 19.4 Å². The highest BCUT2D eigenvalue weighted by Gasteiger charge is 2.13. The van der Waals surface area contributed by atoms with Gasteiger partial charge in [0.05, 0.1) is 0 Å². The lowest BCUT2D eigenvalue weighted by atomic mass is 10.3. The number of halogens is 2. The summed E-state index contributed by atoms with van der Waals surface area (Å²) in [5, 5.41) is 8.57. The summed E-state index contributed by atoms with van der Waals surface area (Å²) in [5.41, 5.74) is 6.34. The van der Waals surface area contributed by atoms with Gasteiger partial charge in [0.1, 0.15) is 5.75 Å². The Balaban J connectivity index is 3.00. The summed E-state index contributed by atoms with van der Waals surface area (Å²) in [7, 11) is 0. The minimum atomic E-state index is -1.47. The van der Waals surface area contributed by atoms with Crippen molar-refractivity contribution in [3.8, 4) is 5.75 Å². The number of ether oxygens (including phenoxy) is 1. The molecular weight excluding hydrogens is 236 g/mol. The molecular formula is C9H9F2N3O3. The molecule has 0 fully saturated rings. The van der Waals surface area contributed by atoms with Crippen LogP contribution in [0.1, 0.15) is 0 Å². The number of hydrazine groups is 1. The maximum absolute atomic E-state index is 12.8. The molecule has 0 unspecified atom stereocenters. The number of carbonyl (C=O) groups is 1. The Morgan fingerprint density at radius 1 is 1.35 bits per heavy atom. The van der Waals surface area contributed by atoms with Gasteiger partial charge in [-0.2, -0.15) is 0 Å². The van der Waals surface area contributed by atoms with Crippen LogP contribution in [-0.2, 0) is 4.79 Å². The van der Waals surface area contributed by atoms with Crippen molar-refractivity contribution in [2.75, 3.05) is 0 Å². The second-order valence-electron chi connectivity index (χ2n) is 2.87. The molecule has 0 bridgehead atoms. The van der Waals surface area contributed by atoms with E-state index in [1.165, 1.54) is 0 Å². The highest BCUT2D eigenvalue weighted by molar-refractivity contribution is 5.85. The summed E-state index contributed by atoms with van der Waals surface area (Å²) in [6.45, 7) is 0. The molecule has 92 valence electrons. The number of rotatable bonds is 4. The zero-order valence-electron chi connectivity index (χ0n) is 8.41. The molecule has 0 aliphatic heterocycles. The summed E-state index contributed by atoms with van der Waals surface area (Å²) in [6.07, 6.45) is 0. The van der Waals surface area contributed by atoms with Gasteiger partial charge in [-0.15, -0.1) is 0 Å². The van der Waals surface area contributed by atoms with Crippen molar-refractivity contribution in [1.82, 2.24) is 5.43 Å². The number of carboxylic acid groups (broad SMARTS) is 1. The number of aliphatic carboxylic acids is 1. The second kappa shape index (κ2) is 5.12. The van der Waals surface area contributed by atoms with Gasteiger partial charge in [0, 0.05) is 6.07 Å². The van der Waals surface area contributed by atoms with Crippen LogP contribution in [0.2, 0.25) is 0 Å². The number of nitrogens with one attached hydrogen (secondary N) is 1. The van der Waals surface area contributed by atoms with Gasteiger partial charge in [0.15, 0.2) is 17.3 Å². The second-order valence-corrected chi connectivity index (χ2v) is 2.87. The predicted molar refractivity (Wildman–Crippen MR) is 53.2 cm³/mol. The number of benzene rings is 1. The van der Waals surface area contributed by atoms with E-state index in [9.17, 15) is 13.6 Å². The highest BCUT2D eigenvalue weighted by atomic mass is 19.2. The van der Waals surface area contributed by atoms with Crippen molar-refractivity contribution in [3.63, 3.8) is 0 Å². The third kappa shape index (κ3) is 3.05. The topological polar surface area (TPSA) is 111 Å². The van der Waals surface area contributed by atoms with E-state index < -0.39 is 29.2 Å². The van der Waals surface area contributed by atoms with E-state index >= 15 is 0 Å². The minimum absolute atomic E-state index is 0.152. The number of hydrogen-bond acceptors (Lipinski definition) is 5. The Morgan fingerprint density at radius 2 is 2.00 bits per heavy atom. The van der Waals surface area contributed by atoms with Crippen LogP contribution in [0.3, 0.4) is 0 Å². The largest absolute Gasteiger partial charge is 0.476 e. The minimum Gasteiger partial charge on any atom is -0.476 e. The average Bonchev–Trinajstić information content (AvgIpc) is 2.29. The first-order chi connectivity index (χ1) is 7.95. The quantitative estimate of drug-likeness (QED) is 0.257. The lowest BCUT2D eigenvalue weighted by Gasteiger charge is -2.10. The molecule has 1 aromatic rings. The van der Waals surface area contributed by atoms with E-state index in [0.717, 1.165) is 18.2 Å². The van der Waals surface area contributed by atoms with Gasteiger partial charge in [0.25, 0.3) is 0 Å². The van der Waals surface area contributed by atoms with Gasteiger partial charge in [0.2, 0.25) is 5.88 Å². The first-order valence-corrected chi connectivity index (χ1v) is 4.28. The molecule has 0 spiro atoms. The van der Waals surface area contributed by atoms with Crippen LogP contribution < -0.4 is 21.7 Å². The summed E-state index contributed by atoms with van der Waals surface area (Å²) in [6, 6.07) is 2.63. The monoisotopic (exact) mass is 245 g/mol. The predicted octanol–water partition coefficient (Wildman–Crippen LogP) is 0.0193. The lowest BCUT2D eigenvalue weighted by Crippen LogP contribution is -2.31. The van der Waals surface area contributed by atoms with E-state index in [1.807, 2.05) is 5.43 Å². The number of carboxylic acids is 1. The molecule has 0 aliphatic carbocycles. The Kier molecular flexibility index (Phi) is 3.83. The maximum atomic E-state index is 12.8. The van der Waals surface area contributed by atoms with Gasteiger partial charge in [-0.3, -0.25) is 5.43 Å². The fourth-order valence-electron chi connectivity index (χ4n) is 0.918. The molecule has 1 rings (SSSR count). The summed E-state index contributed by atoms with van der Waals surface area (Å²) in [5.74, 6) is 0.671. The molecule has 0 radical (unpaired) electrons. The van der Waals surface area contributed by atoms with Crippen molar-refractivity contribution in [3.05, 3.63) is 41.4 Å². The van der Waals surface area contributed by atoms with Crippen LogP contribution >= 0.6 is 0 Å². The van der Waals surface area contributed by atoms with Crippen LogP contribution in [0.15, 0.2) is 29.8 Å². The molecule has 0 amide bonds. The smallest absolute Gasteiger partial charge is 0.357 e. The lowest BCUT2D eigenvalue weighted by molar-refractivity contribution is -0.132. The van der Waals surface area contributed by atoms with Crippen LogP contribution in [0.25, 0.3) is 0 Å². The molecule has 1 aromatic carbocycles. The van der Waals surface area contributed by atoms with Crippen LogP contribution in [0.5, 0.6) is 5.75 Å². The van der Waals surface area contributed by atoms with Gasteiger partial charge >= 0.3 is 5.97 Å². The molecule has 0 heterocycles. The van der Waals surface area contributed by atoms with E-state index in [0.29, 0.717) is 0 Å². The molecule has 6 N–H and O–H groups in total. The van der Waals surface area contributed by atoms with E-state index in [-0.39, 0.29) is 5.75 Å². The van der Waals surface area contributed by atoms with Crippen LogP contribution in [-0.4, -0.2) is 11.1 Å². The van der Waals surface area contributed by atoms with Gasteiger partial charge < -0.3 is 15.6 Å². The van der Waals surface area contributed by atoms with Crippen molar-refractivity contribution in [1.29, 1.82) is 0 Å². The fourth-order valence-corrected chi connectivity index (χ4v) is 0.918. The molecule has 6 nitrogen and oxygen atoms in total. The van der Waals surface area contributed by atoms with Crippen molar-refractivity contribution < 1.29 is 23.4 Å². The third-order valence-corrected chi connectivity index (χ3v) is 1.72. The molecule has 0 atom stereocenters. The van der Waals surface area contributed by atoms with Gasteiger partial charge in [-0.05, 0) is 12.1 Å². The van der Waals surface area contributed by atoms with Crippen LogP contribution in [0.4, 0.5) is 8.78 Å². The third-order valence-electron chi connectivity index (χ3n) is 1.72. The number of nitrogens with two attached hydrogens (primary N) is 2. The average molecular weight is 245 g/mol. The van der Waals surface area contributed by atoms with E-state index in [4.69, 9.17) is 21.4 Å². The Morgan fingerprint density at radius 3 is 2.47 bits per heavy atom. The fraction of sp³-hybridized carbons (Fsp3) is 0. The normalized spacial score (nSPS) is 11.7. The molecule has 0 saturated carbocycles. The maximum Gasteiger partial charge on any atom is 0.357 e. The molecule has 8 heteroatoms. The Labute approximate surface area is 94.4 Å². The first kappa shape index (κ1) is 12.7. The highest BCUT2D eigenvalue weighted by Crippen LogP contribution is 2.17. The van der Waals surface area contributed by atoms with Crippen molar-refractivity contribution >= 4 is 5.97 Å². The zero-order valence-corrected chi connectivity index (χ0v) is 8.41. The van der Waals surface area contributed by atoms with Crippen LogP contribution in [0, 0.1) is 11.6 Å². The first-order valence-electron chi connectivity index (χ1n) is 4.28. The Hall–Kier alpha value is -2.35. The Bertz CT molecular complexity index is 477. The molecule has 17 heavy (non-hydrogen) atoms. The van der Waals surface area contributed by atoms with Crippen molar-refractivity contribution in [2.24, 2.45) is 11.6 Å². The summed E-state index contributed by atoms with van der Waals surface area (Å²) < 4.78 is 30.3. The standard InChI is InChI=1S/C9H9F2N3O3/c10-5-2-1-4(3-6(5)11)17-8(14-13)7(12)9(15)16/h1-3,14H,12-13H2,(H,15,16)/b8-7+. The summed E-state index contributed by atoms with van der Waals surface area (Å²) >= 11 is 0. The van der Waals surface area contributed by atoms with E-state index in [1.54, 1.807) is 0 Å². The molecule has 0 aromatic heterocycles.